The fourth-order valence-electron chi connectivity index (χ4n) is 3.76. The van der Waals surface area contributed by atoms with Crippen molar-refractivity contribution in [3.05, 3.63) is 11.1 Å². The van der Waals surface area contributed by atoms with E-state index in [4.69, 9.17) is 11.6 Å². The van der Waals surface area contributed by atoms with Gasteiger partial charge in [-0.3, -0.25) is 0 Å². The molecule has 14 heavy (non-hydrogen) atoms. The molecule has 0 amide bonds. The maximum Gasteiger partial charge on any atom is 0.0467 e. The number of hydrogen-bond donors (Lipinski definition) is 0. The van der Waals surface area contributed by atoms with E-state index < -0.39 is 0 Å². The van der Waals surface area contributed by atoms with Crippen molar-refractivity contribution in [3.8, 4) is 0 Å². The molecule has 3 aliphatic rings. The van der Waals surface area contributed by atoms with E-state index in [1.54, 1.807) is 0 Å². The largest absolute Gasteiger partial charge is 0.122 e. The lowest BCUT2D eigenvalue weighted by Crippen LogP contribution is -2.45. The first kappa shape index (κ1) is 9.27. The Bertz CT molecular complexity index is 244. The minimum absolute atomic E-state index is 0.508. The van der Waals surface area contributed by atoms with Crippen molar-refractivity contribution in [3.63, 3.8) is 0 Å². The van der Waals surface area contributed by atoms with Crippen LogP contribution in [0.3, 0.4) is 0 Å². The second-order valence-electron chi connectivity index (χ2n) is 5.21. The highest BCUT2D eigenvalue weighted by atomic mass is 35.5. The summed E-state index contributed by atoms with van der Waals surface area (Å²) in [6.45, 7) is 0. The molecule has 78 valence electrons. The van der Waals surface area contributed by atoms with Gasteiger partial charge in [-0.15, -0.1) is 11.6 Å². The van der Waals surface area contributed by atoms with Crippen molar-refractivity contribution in [2.75, 3.05) is 0 Å². The second kappa shape index (κ2) is 3.56. The molecule has 0 aromatic carbocycles. The monoisotopic (exact) mass is 210 g/mol. The Morgan fingerprint density at radius 2 is 1.50 bits per heavy atom. The lowest BCUT2D eigenvalue weighted by molar-refractivity contribution is 0.217. The van der Waals surface area contributed by atoms with Crippen molar-refractivity contribution in [2.24, 2.45) is 11.8 Å². The zero-order valence-electron chi connectivity index (χ0n) is 8.77. The summed E-state index contributed by atoms with van der Waals surface area (Å²) in [4.78, 5) is 0. The van der Waals surface area contributed by atoms with Crippen LogP contribution in [0.15, 0.2) is 11.1 Å². The van der Waals surface area contributed by atoms with E-state index in [2.05, 4.69) is 0 Å². The average Bonchev–Trinajstić information content (AvgIpc) is 2.29. The molecular weight excluding hydrogens is 192 g/mol. The van der Waals surface area contributed by atoms with Gasteiger partial charge in [-0.25, -0.2) is 0 Å². The van der Waals surface area contributed by atoms with Crippen molar-refractivity contribution in [2.45, 2.75) is 56.7 Å². The molecule has 0 N–H and O–H groups in total. The van der Waals surface area contributed by atoms with Crippen LogP contribution in [0.5, 0.6) is 0 Å². The van der Waals surface area contributed by atoms with E-state index in [0.29, 0.717) is 5.38 Å². The summed E-state index contributed by atoms with van der Waals surface area (Å²) in [5.74, 6) is 1.59. The Kier molecular flexibility index (Phi) is 2.35. The Morgan fingerprint density at radius 1 is 0.857 bits per heavy atom. The Morgan fingerprint density at radius 3 is 2.07 bits per heavy atom. The molecule has 0 aromatic heterocycles. The predicted octanol–water partition coefficient (Wildman–Crippen LogP) is 4.28. The lowest BCUT2D eigenvalue weighted by Gasteiger charge is -2.51. The van der Waals surface area contributed by atoms with Crippen molar-refractivity contribution >= 4 is 11.6 Å². The molecule has 0 radical (unpaired) electrons. The van der Waals surface area contributed by atoms with Gasteiger partial charge in [-0.2, -0.15) is 0 Å². The Hall–Kier alpha value is 0.0300. The smallest absolute Gasteiger partial charge is 0.0467 e. The zero-order valence-corrected chi connectivity index (χ0v) is 9.52. The SMILES string of the molecule is ClC1[C@@H]2CCC[C@H]1C2=C1CCCCC1. The van der Waals surface area contributed by atoms with E-state index in [1.807, 2.05) is 11.1 Å². The molecule has 0 heterocycles. The minimum Gasteiger partial charge on any atom is -0.122 e. The van der Waals surface area contributed by atoms with Gasteiger partial charge >= 0.3 is 0 Å². The van der Waals surface area contributed by atoms with Crippen LogP contribution in [0.25, 0.3) is 0 Å². The Labute approximate surface area is 91.7 Å². The molecule has 0 nitrogen and oxygen atoms in total. The molecule has 3 atom stereocenters. The maximum absolute atomic E-state index is 6.40. The summed E-state index contributed by atoms with van der Waals surface area (Å²) in [6.07, 6.45) is 11.3. The summed E-state index contributed by atoms with van der Waals surface area (Å²) in [5.41, 5.74) is 3.65. The van der Waals surface area contributed by atoms with Crippen molar-refractivity contribution in [1.82, 2.24) is 0 Å². The lowest BCUT2D eigenvalue weighted by atomic mass is 9.58. The summed E-state index contributed by atoms with van der Waals surface area (Å²) in [7, 11) is 0. The molecule has 0 aliphatic heterocycles. The van der Waals surface area contributed by atoms with Crippen molar-refractivity contribution in [1.29, 1.82) is 0 Å². The topological polar surface area (TPSA) is 0 Å². The Balaban J connectivity index is 1.84. The van der Waals surface area contributed by atoms with Crippen LogP contribution < -0.4 is 0 Å². The van der Waals surface area contributed by atoms with Crippen LogP contribution >= 0.6 is 11.6 Å². The fraction of sp³-hybridized carbons (Fsp3) is 0.846. The molecule has 0 saturated heterocycles. The third-order valence-corrected chi connectivity index (χ3v) is 5.07. The highest BCUT2D eigenvalue weighted by molar-refractivity contribution is 6.22. The van der Waals surface area contributed by atoms with Gasteiger partial charge in [-0.05, 0) is 50.4 Å². The quantitative estimate of drug-likeness (QED) is 0.414. The van der Waals surface area contributed by atoms with Gasteiger partial charge in [0.25, 0.3) is 0 Å². The van der Waals surface area contributed by atoms with Gasteiger partial charge in [-0.1, -0.05) is 24.0 Å². The third kappa shape index (κ3) is 1.26. The van der Waals surface area contributed by atoms with E-state index >= 15 is 0 Å². The molecule has 2 bridgehead atoms. The molecule has 3 fully saturated rings. The van der Waals surface area contributed by atoms with Crippen LogP contribution in [0.1, 0.15) is 51.4 Å². The minimum atomic E-state index is 0.508. The number of allylic oxidation sites excluding steroid dienone is 2. The number of halogens is 1. The van der Waals surface area contributed by atoms with E-state index in [1.165, 1.54) is 51.4 Å². The molecule has 3 rings (SSSR count). The summed E-state index contributed by atoms with van der Waals surface area (Å²) >= 11 is 6.40. The molecule has 0 aromatic rings. The molecule has 0 spiro atoms. The number of fused-ring (bicyclic) bond motifs is 2. The van der Waals surface area contributed by atoms with Gasteiger partial charge in [0.15, 0.2) is 0 Å². The van der Waals surface area contributed by atoms with Gasteiger partial charge in [0.1, 0.15) is 0 Å². The maximum atomic E-state index is 6.40. The van der Waals surface area contributed by atoms with Gasteiger partial charge in [0.05, 0.1) is 0 Å². The van der Waals surface area contributed by atoms with E-state index in [9.17, 15) is 0 Å². The standard InChI is InChI=1S/C13H19Cl/c14-13-10-7-4-8-11(13)12(10)9-5-2-1-3-6-9/h10-11,13H,1-8H2/t10-,11+,13?. The highest BCUT2D eigenvalue weighted by Gasteiger charge is 2.48. The van der Waals surface area contributed by atoms with E-state index in [0.717, 1.165) is 11.8 Å². The van der Waals surface area contributed by atoms with Crippen LogP contribution in [-0.4, -0.2) is 5.38 Å². The molecule has 3 saturated carbocycles. The predicted molar refractivity (Wildman–Crippen MR) is 60.6 cm³/mol. The summed E-state index contributed by atoms with van der Waals surface area (Å²) in [6, 6.07) is 0. The second-order valence-corrected chi connectivity index (χ2v) is 5.71. The summed E-state index contributed by atoms with van der Waals surface area (Å²) in [5, 5.41) is 0.508. The van der Waals surface area contributed by atoms with Gasteiger partial charge < -0.3 is 0 Å². The van der Waals surface area contributed by atoms with Crippen LogP contribution in [0.2, 0.25) is 0 Å². The first-order chi connectivity index (χ1) is 6.88. The van der Waals surface area contributed by atoms with Gasteiger partial charge in [0.2, 0.25) is 0 Å². The normalized spacial score (nSPS) is 42.2. The molecular formula is C13H19Cl. The van der Waals surface area contributed by atoms with Crippen molar-refractivity contribution < 1.29 is 0 Å². The summed E-state index contributed by atoms with van der Waals surface area (Å²) < 4.78 is 0. The first-order valence-corrected chi connectivity index (χ1v) is 6.67. The number of alkyl halides is 1. The number of rotatable bonds is 0. The molecule has 1 heteroatoms. The molecule has 1 unspecified atom stereocenters. The first-order valence-electron chi connectivity index (χ1n) is 6.24. The third-order valence-electron chi connectivity index (χ3n) is 4.46. The zero-order chi connectivity index (χ0) is 9.54. The van der Waals surface area contributed by atoms with Crippen LogP contribution in [0, 0.1) is 11.8 Å². The highest BCUT2D eigenvalue weighted by Crippen LogP contribution is 2.55. The van der Waals surface area contributed by atoms with Gasteiger partial charge in [0, 0.05) is 5.38 Å². The van der Waals surface area contributed by atoms with Crippen LogP contribution in [-0.2, 0) is 0 Å². The van der Waals surface area contributed by atoms with E-state index in [-0.39, 0.29) is 0 Å². The number of hydrogen-bond acceptors (Lipinski definition) is 0. The average molecular weight is 211 g/mol. The molecule has 3 aliphatic carbocycles. The van der Waals surface area contributed by atoms with Crippen LogP contribution in [0.4, 0.5) is 0 Å². The fourth-order valence-corrected chi connectivity index (χ4v) is 4.28.